The average molecular weight is 381 g/mol. The van der Waals surface area contributed by atoms with Crippen LogP contribution >= 0.6 is 0 Å². The van der Waals surface area contributed by atoms with Crippen molar-refractivity contribution in [2.24, 2.45) is 0 Å². The number of nitrogens with zero attached hydrogens (tertiary/aromatic N) is 5. The van der Waals surface area contributed by atoms with Crippen molar-refractivity contribution in [1.82, 2.24) is 25.1 Å². The van der Waals surface area contributed by atoms with E-state index in [0.29, 0.717) is 17.9 Å². The van der Waals surface area contributed by atoms with Crippen LogP contribution in [0, 0.1) is 5.82 Å². The maximum Gasteiger partial charge on any atom is 0.173 e. The third-order valence-electron chi connectivity index (χ3n) is 5.18. The summed E-state index contributed by atoms with van der Waals surface area (Å²) in [6, 6.07) is 11.9. The molecule has 6 nitrogen and oxygen atoms in total. The summed E-state index contributed by atoms with van der Waals surface area (Å²) in [6.07, 6.45) is 0.875. The summed E-state index contributed by atoms with van der Waals surface area (Å²) in [5, 5.41) is 22.9. The third-order valence-corrected chi connectivity index (χ3v) is 5.18. The zero-order valence-electron chi connectivity index (χ0n) is 16.3. The number of fused-ring (bicyclic) bond motifs is 1. The Hall–Kier alpha value is -2.80. The lowest BCUT2D eigenvalue weighted by Gasteiger charge is -2.36. The fourth-order valence-corrected chi connectivity index (χ4v) is 3.82. The van der Waals surface area contributed by atoms with Gasteiger partial charge in [0.05, 0.1) is 5.54 Å². The highest BCUT2D eigenvalue weighted by atomic mass is 19.1. The van der Waals surface area contributed by atoms with Crippen LogP contribution in [0.4, 0.5) is 4.39 Å². The van der Waals surface area contributed by atoms with Crippen molar-refractivity contribution < 1.29 is 9.50 Å². The highest BCUT2D eigenvalue weighted by Gasteiger charge is 2.34. The van der Waals surface area contributed by atoms with Crippen molar-refractivity contribution in [3.8, 4) is 5.75 Å². The monoisotopic (exact) mass is 381 g/mol. The highest BCUT2D eigenvalue weighted by molar-refractivity contribution is 5.39. The molecule has 0 amide bonds. The van der Waals surface area contributed by atoms with E-state index in [9.17, 15) is 9.50 Å². The van der Waals surface area contributed by atoms with Crippen molar-refractivity contribution in [3.63, 3.8) is 0 Å². The van der Waals surface area contributed by atoms with Gasteiger partial charge < -0.3 is 5.11 Å². The molecule has 2 heterocycles. The molecule has 0 saturated carbocycles. The van der Waals surface area contributed by atoms with E-state index in [-0.39, 0.29) is 11.3 Å². The number of aromatic hydroxyl groups is 1. The normalized spacial score (nSPS) is 16.0. The Kier molecular flexibility index (Phi) is 4.63. The van der Waals surface area contributed by atoms with E-state index in [2.05, 4.69) is 32.6 Å². The average Bonchev–Trinajstić information content (AvgIpc) is 3.14. The quantitative estimate of drug-likeness (QED) is 0.753. The largest absolute Gasteiger partial charge is 0.508 e. The van der Waals surface area contributed by atoms with Crippen LogP contribution in [0.1, 0.15) is 49.3 Å². The molecule has 7 heteroatoms. The molecule has 0 aliphatic carbocycles. The minimum absolute atomic E-state index is 0.0358. The second-order valence-corrected chi connectivity index (χ2v) is 8.21. The smallest absolute Gasteiger partial charge is 0.173 e. The van der Waals surface area contributed by atoms with E-state index in [1.165, 1.54) is 29.3 Å². The molecule has 3 aromatic rings. The van der Waals surface area contributed by atoms with Crippen LogP contribution < -0.4 is 0 Å². The number of aromatic nitrogens is 4. The molecule has 4 rings (SSSR count). The molecule has 1 aromatic heterocycles. The Balaban J connectivity index is 1.84. The Labute approximate surface area is 163 Å². The number of phenolic OH excluding ortho intramolecular Hbond substituents is 1. The van der Waals surface area contributed by atoms with Gasteiger partial charge in [0.15, 0.2) is 5.82 Å². The summed E-state index contributed by atoms with van der Waals surface area (Å²) in [6.45, 7) is 7.48. The van der Waals surface area contributed by atoms with Crippen LogP contribution in [-0.4, -0.2) is 36.8 Å². The van der Waals surface area contributed by atoms with Gasteiger partial charge >= 0.3 is 0 Å². The second-order valence-electron chi connectivity index (χ2n) is 8.21. The summed E-state index contributed by atoms with van der Waals surface area (Å²) < 4.78 is 15.9. The molecule has 1 unspecified atom stereocenters. The fourth-order valence-electron chi connectivity index (χ4n) is 3.82. The predicted molar refractivity (Wildman–Crippen MR) is 103 cm³/mol. The first-order valence-electron chi connectivity index (χ1n) is 9.42. The molecule has 0 radical (unpaired) electrons. The lowest BCUT2D eigenvalue weighted by Crippen LogP contribution is -2.38. The summed E-state index contributed by atoms with van der Waals surface area (Å²) in [7, 11) is 0. The van der Waals surface area contributed by atoms with Gasteiger partial charge in [0.25, 0.3) is 0 Å². The van der Waals surface area contributed by atoms with Gasteiger partial charge in [-0.05, 0) is 66.9 Å². The maximum absolute atomic E-state index is 14.1. The van der Waals surface area contributed by atoms with Crippen LogP contribution in [0.2, 0.25) is 0 Å². The van der Waals surface area contributed by atoms with Gasteiger partial charge in [-0.2, -0.15) is 0 Å². The van der Waals surface area contributed by atoms with Gasteiger partial charge in [0.1, 0.15) is 17.6 Å². The summed E-state index contributed by atoms with van der Waals surface area (Å²) in [4.78, 5) is 2.20. The molecular weight excluding hydrogens is 357 g/mol. The topological polar surface area (TPSA) is 67.1 Å². The Morgan fingerprint density at radius 1 is 1.11 bits per heavy atom. The van der Waals surface area contributed by atoms with E-state index in [4.69, 9.17) is 0 Å². The molecule has 2 aromatic carbocycles. The third kappa shape index (κ3) is 3.38. The standard InChI is InChI=1S/C21H24FN5O/c1-21(2,3)27-20(23-24-25-27)19(17-12-16(22)8-9-18(17)28)26-11-10-14-6-4-5-7-15(14)13-26/h4-9,12,19,28H,10-11,13H2,1-3H3. The summed E-state index contributed by atoms with van der Waals surface area (Å²) in [5.74, 6) is 0.228. The Morgan fingerprint density at radius 2 is 1.86 bits per heavy atom. The zero-order chi connectivity index (χ0) is 19.9. The number of phenols is 1. The van der Waals surface area contributed by atoms with E-state index < -0.39 is 11.9 Å². The molecule has 1 aliphatic heterocycles. The van der Waals surface area contributed by atoms with E-state index in [1.807, 2.05) is 32.9 Å². The first-order chi connectivity index (χ1) is 13.3. The molecule has 0 spiro atoms. The van der Waals surface area contributed by atoms with Crippen molar-refractivity contribution in [2.45, 2.75) is 45.3 Å². The fraction of sp³-hybridized carbons (Fsp3) is 0.381. The SMILES string of the molecule is CC(C)(C)n1nnnc1C(c1cc(F)ccc1O)N1CCc2ccccc2C1. The van der Waals surface area contributed by atoms with Gasteiger partial charge in [-0.3, -0.25) is 4.90 Å². The predicted octanol–water partition coefficient (Wildman–Crippen LogP) is 3.42. The van der Waals surface area contributed by atoms with E-state index in [0.717, 1.165) is 13.0 Å². The van der Waals surface area contributed by atoms with Crippen LogP contribution in [0.5, 0.6) is 5.75 Å². The van der Waals surface area contributed by atoms with Crippen molar-refractivity contribution in [3.05, 3.63) is 70.8 Å². The first kappa shape index (κ1) is 18.6. The molecule has 1 aliphatic rings. The van der Waals surface area contributed by atoms with E-state index in [1.54, 1.807) is 4.68 Å². The Bertz CT molecular complexity index is 994. The lowest BCUT2D eigenvalue weighted by molar-refractivity contribution is 0.182. The number of rotatable bonds is 3. The molecule has 146 valence electrons. The second kappa shape index (κ2) is 6.98. The molecule has 28 heavy (non-hydrogen) atoms. The number of tetrazole rings is 1. The van der Waals surface area contributed by atoms with Gasteiger partial charge in [-0.1, -0.05) is 24.3 Å². The van der Waals surface area contributed by atoms with Crippen LogP contribution in [0.25, 0.3) is 0 Å². The summed E-state index contributed by atoms with van der Waals surface area (Å²) in [5.41, 5.74) is 2.66. The van der Waals surface area contributed by atoms with Crippen LogP contribution in [0.3, 0.4) is 0 Å². The minimum Gasteiger partial charge on any atom is -0.508 e. The highest BCUT2D eigenvalue weighted by Crippen LogP contribution is 2.37. The van der Waals surface area contributed by atoms with Crippen LogP contribution in [-0.2, 0) is 18.5 Å². The van der Waals surface area contributed by atoms with E-state index >= 15 is 0 Å². The number of halogens is 1. The molecular formula is C21H24FN5O. The molecule has 0 saturated heterocycles. The molecule has 1 N–H and O–H groups in total. The van der Waals surface area contributed by atoms with Crippen molar-refractivity contribution in [2.75, 3.05) is 6.54 Å². The maximum atomic E-state index is 14.1. The number of hydrogen-bond acceptors (Lipinski definition) is 5. The number of hydrogen-bond donors (Lipinski definition) is 1. The molecule has 0 bridgehead atoms. The molecule has 1 atom stereocenters. The van der Waals surface area contributed by atoms with Crippen LogP contribution in [0.15, 0.2) is 42.5 Å². The first-order valence-corrected chi connectivity index (χ1v) is 9.42. The molecule has 0 fully saturated rings. The van der Waals surface area contributed by atoms with Crippen molar-refractivity contribution in [1.29, 1.82) is 0 Å². The van der Waals surface area contributed by atoms with Gasteiger partial charge in [0.2, 0.25) is 0 Å². The van der Waals surface area contributed by atoms with Gasteiger partial charge in [0, 0.05) is 18.7 Å². The minimum atomic E-state index is -0.460. The summed E-state index contributed by atoms with van der Waals surface area (Å²) >= 11 is 0. The number of benzene rings is 2. The van der Waals surface area contributed by atoms with Crippen molar-refractivity contribution >= 4 is 0 Å². The van der Waals surface area contributed by atoms with Gasteiger partial charge in [-0.25, -0.2) is 9.07 Å². The Morgan fingerprint density at radius 3 is 2.61 bits per heavy atom. The van der Waals surface area contributed by atoms with Gasteiger partial charge in [-0.15, -0.1) is 5.10 Å². The lowest BCUT2D eigenvalue weighted by atomic mass is 9.95. The zero-order valence-corrected chi connectivity index (χ0v) is 16.3.